The van der Waals surface area contributed by atoms with Crippen molar-refractivity contribution >= 4 is 312 Å². The fraction of sp³-hybridized carbons (Fsp3) is 0. The van der Waals surface area contributed by atoms with E-state index >= 15 is 0 Å². The van der Waals surface area contributed by atoms with Crippen molar-refractivity contribution in [1.82, 2.24) is 0 Å². The second kappa shape index (κ2) is 21.3. The highest BCUT2D eigenvalue weighted by molar-refractivity contribution is 8.33. The Bertz CT molecular complexity index is 607. The fourth-order valence-electron chi connectivity index (χ4n) is 7.18. The molecule has 46 radical (unpaired) electrons. The molecule has 0 aromatic heterocycles. The van der Waals surface area contributed by atoms with Gasteiger partial charge in [-0.05, 0) is 0 Å². The zero-order chi connectivity index (χ0) is 35.1. The van der Waals surface area contributed by atoms with Gasteiger partial charge in [-0.2, -0.15) is 0 Å². The lowest BCUT2D eigenvalue weighted by Gasteiger charge is -2.55. The minimum Gasteiger partial charge on any atom is 0 e. The molecular weight excluding hydrogens is 476 g/mol. The molecular formula is B44. The molecule has 0 aromatic carbocycles. The van der Waals surface area contributed by atoms with Crippen molar-refractivity contribution in [3.8, 4) is 0 Å². The molecule has 0 atom stereocenters. The lowest BCUT2D eigenvalue weighted by molar-refractivity contribution is 3.20. The number of hydrogen-bond acceptors (Lipinski definition) is 0. The van der Waals surface area contributed by atoms with Gasteiger partial charge in [0.05, 0.1) is 0 Å². The molecule has 0 amide bonds. The van der Waals surface area contributed by atoms with Crippen LogP contribution in [0.5, 0.6) is 0 Å². The molecule has 0 fully saturated rings. The average molecular weight is 476 g/mol. The Kier molecular flexibility index (Phi) is 22.7. The van der Waals surface area contributed by atoms with Gasteiger partial charge in [0.2, 0.25) is 0 Å². The van der Waals surface area contributed by atoms with E-state index in [0.717, 1.165) is 0 Å². The second-order valence-electron chi connectivity index (χ2n) is 12.1. The average Bonchev–Trinajstić information content (AvgIpc) is 2.80. The van der Waals surface area contributed by atoms with Crippen LogP contribution in [0.1, 0.15) is 0 Å². The van der Waals surface area contributed by atoms with Crippen molar-refractivity contribution in [3.63, 3.8) is 0 Å². The van der Waals surface area contributed by atoms with E-state index in [2.05, 4.69) is 0 Å². The van der Waals surface area contributed by atoms with Crippen molar-refractivity contribution in [2.45, 2.75) is 0 Å². The van der Waals surface area contributed by atoms with Gasteiger partial charge in [-0.25, -0.2) is 0 Å². The van der Waals surface area contributed by atoms with Crippen LogP contribution in [-0.2, 0) is 0 Å². The quantitative estimate of drug-likeness (QED) is 0.154. The molecule has 0 aliphatic rings. The lowest BCUT2D eigenvalue weighted by Crippen LogP contribution is -2.93. The summed E-state index contributed by atoms with van der Waals surface area (Å²) in [5.41, 5.74) is 0. The monoisotopic (exact) mass is 484 g/mol. The lowest BCUT2D eigenvalue weighted by atomic mass is 8.26. The van der Waals surface area contributed by atoms with Crippen molar-refractivity contribution in [3.05, 3.63) is 0 Å². The topological polar surface area (TPSA) is 0 Å². The molecule has 132 valence electrons. The summed E-state index contributed by atoms with van der Waals surface area (Å²) in [4.78, 5) is 0. The summed E-state index contributed by atoms with van der Waals surface area (Å²) in [6.07, 6.45) is -25.3. The molecule has 0 heterocycles. The highest BCUT2D eigenvalue weighted by Crippen LogP contribution is 2.20. The van der Waals surface area contributed by atoms with Crippen molar-refractivity contribution in [2.24, 2.45) is 0 Å². The largest absolute Gasteiger partial charge is 0 e. The summed E-state index contributed by atoms with van der Waals surface area (Å²) in [5, 5.41) is 0. The molecule has 0 bridgehead atoms. The van der Waals surface area contributed by atoms with E-state index in [1.165, 1.54) is 0 Å². The third-order valence-corrected chi connectivity index (χ3v) is 8.89. The van der Waals surface area contributed by atoms with E-state index in [0.29, 0.717) is 0 Å². The molecule has 0 nitrogen and oxygen atoms in total. The molecule has 44 heavy (non-hydrogen) atoms. The molecule has 0 aliphatic heterocycles. The zero-order valence-electron chi connectivity index (χ0n) is 25.4. The standard InChI is InChI=1S/B44/c1-24(2)35(23)41(36(25(3)4)26(5)6)44(42(37(27(7)8)28(9)10)38(29(11)12)30(13)14)43(39(31(15)16)32(17)18)40(33(19)20)34(21)22. The normalized spacial score (nSPS) is 9.64. The Labute approximate surface area is 309 Å². The van der Waals surface area contributed by atoms with E-state index < -0.39 is 134 Å². The molecule has 0 saturated carbocycles. The van der Waals surface area contributed by atoms with Gasteiger partial charge in [0.1, 0.15) is 0 Å². The number of rotatable bonds is 20. The van der Waals surface area contributed by atoms with Crippen LogP contribution in [0, 0.1) is 0 Å². The predicted octanol–water partition coefficient (Wildman–Crippen LogP) is -16.8. The van der Waals surface area contributed by atoms with Gasteiger partial charge < -0.3 is 0 Å². The zero-order valence-corrected chi connectivity index (χ0v) is 25.4. The predicted molar refractivity (Wildman–Crippen MR) is 253 cm³/mol. The minimum atomic E-state index is -1.27. The van der Waals surface area contributed by atoms with Crippen molar-refractivity contribution < 1.29 is 0 Å². The summed E-state index contributed by atoms with van der Waals surface area (Å²) in [6, 6.07) is 0. The van der Waals surface area contributed by atoms with Crippen LogP contribution in [0.25, 0.3) is 0 Å². The Hall–Kier alpha value is 2.86. The van der Waals surface area contributed by atoms with E-state index in [9.17, 15) is 0 Å². The van der Waals surface area contributed by atoms with E-state index in [4.69, 9.17) is 178 Å². The summed E-state index contributed by atoms with van der Waals surface area (Å²) in [7, 11) is 145. The second-order valence-corrected chi connectivity index (χ2v) is 12.1. The van der Waals surface area contributed by atoms with Crippen LogP contribution in [-0.4, -0.2) is 312 Å². The molecule has 0 rings (SSSR count). The Morgan fingerprint density at radius 2 is 0.273 bits per heavy atom. The van der Waals surface area contributed by atoms with Crippen LogP contribution in [0.4, 0.5) is 0 Å². The van der Waals surface area contributed by atoms with E-state index in [1.54, 1.807) is 0 Å². The first-order chi connectivity index (χ1) is 19.9. The number of hydrogen-bond donors (Lipinski definition) is 0. The molecule has 0 spiro atoms. The molecule has 0 N–H and O–H groups in total. The Morgan fingerprint density at radius 1 is 0.136 bits per heavy atom. The van der Waals surface area contributed by atoms with Gasteiger partial charge in [0.25, 0.3) is 0 Å². The van der Waals surface area contributed by atoms with Gasteiger partial charge >= 0.3 is 0 Å². The third-order valence-electron chi connectivity index (χ3n) is 8.89. The van der Waals surface area contributed by atoms with E-state index in [1.807, 2.05) is 0 Å². The van der Waals surface area contributed by atoms with E-state index in [-0.39, 0.29) is 0 Å². The minimum absolute atomic E-state index is 1.10. The van der Waals surface area contributed by atoms with Gasteiger partial charge in [-0.15, -0.1) is 0 Å². The first-order valence-electron chi connectivity index (χ1n) is 14.3. The first kappa shape index (κ1) is 46.9. The first-order valence-corrected chi connectivity index (χ1v) is 14.3. The molecule has 0 saturated heterocycles. The van der Waals surface area contributed by atoms with Gasteiger partial charge in [0.15, 0.2) is 0 Å². The van der Waals surface area contributed by atoms with Crippen LogP contribution in [0.15, 0.2) is 0 Å². The van der Waals surface area contributed by atoms with Crippen LogP contribution >= 0.6 is 0 Å². The highest BCUT2D eigenvalue weighted by Gasteiger charge is 2.58. The summed E-state index contributed by atoms with van der Waals surface area (Å²) in [6.45, 7) is 0. The van der Waals surface area contributed by atoms with Gasteiger partial charge in [-0.1, -0.05) is 0 Å². The summed E-state index contributed by atoms with van der Waals surface area (Å²) < 4.78 is 0. The van der Waals surface area contributed by atoms with Gasteiger partial charge in [-0.3, -0.25) is 0 Å². The van der Waals surface area contributed by atoms with Crippen molar-refractivity contribution in [1.29, 1.82) is 0 Å². The highest BCUT2D eigenvalue weighted by atomic mass is 13.4. The molecule has 0 aromatic rings. The third kappa shape index (κ3) is 12.6. The molecule has 0 aliphatic carbocycles. The summed E-state index contributed by atoms with van der Waals surface area (Å²) in [5.74, 6) is 0. The maximum Gasteiger partial charge on any atom is 0 e. The smallest absolute Gasteiger partial charge is 0 e. The Morgan fingerprint density at radius 3 is 0.409 bits per heavy atom. The maximum atomic E-state index is 6.75. The van der Waals surface area contributed by atoms with Crippen LogP contribution < -0.4 is 0 Å². The van der Waals surface area contributed by atoms with Gasteiger partial charge in [0, 0.05) is 312 Å². The summed E-state index contributed by atoms with van der Waals surface area (Å²) >= 11 is 0. The SMILES string of the molecule is [B]B([B])B([B])B(B(B([B])[B])B([B])[B])B(B(B(B([B])[B])B([B])[B])B(B([B])[B])B([B])[B])B(B(B([B])[B])B([B])[B])B(B([B])[B])B([B])[B]. The molecule has 0 unspecified atom stereocenters. The Balaban J connectivity index is 8.85. The van der Waals surface area contributed by atoms with Crippen molar-refractivity contribution in [2.75, 3.05) is 0 Å². The maximum absolute atomic E-state index is 6.75. The fourth-order valence-corrected chi connectivity index (χ4v) is 7.18. The van der Waals surface area contributed by atoms with Crippen LogP contribution in [0.3, 0.4) is 0 Å². The van der Waals surface area contributed by atoms with Crippen LogP contribution in [0.2, 0.25) is 0 Å². The molecule has 44 heteroatoms.